The summed E-state index contributed by atoms with van der Waals surface area (Å²) < 4.78 is 17.6. The zero-order valence-electron chi connectivity index (χ0n) is 18.7. The lowest BCUT2D eigenvalue weighted by Gasteiger charge is -2.44. The van der Waals surface area contributed by atoms with Gasteiger partial charge in [-0.2, -0.15) is 11.8 Å². The van der Waals surface area contributed by atoms with E-state index in [2.05, 4.69) is 31.9 Å². The number of likely N-dealkylation sites (tertiary alicyclic amines) is 1. The average Bonchev–Trinajstić information content (AvgIpc) is 3.30. The van der Waals surface area contributed by atoms with E-state index in [-0.39, 0.29) is 5.54 Å². The molecule has 1 N–H and O–H groups in total. The van der Waals surface area contributed by atoms with E-state index in [9.17, 15) is 0 Å². The van der Waals surface area contributed by atoms with Crippen LogP contribution >= 0.6 is 11.8 Å². The van der Waals surface area contributed by atoms with Crippen LogP contribution in [-0.2, 0) is 14.2 Å². The Bertz CT molecular complexity index is 539. The normalized spacial score (nSPS) is 32.5. The molecule has 0 amide bonds. The summed E-state index contributed by atoms with van der Waals surface area (Å²) in [5, 5.41) is 3.74. The van der Waals surface area contributed by atoms with Gasteiger partial charge in [0.1, 0.15) is 0 Å². The van der Waals surface area contributed by atoms with Gasteiger partial charge in [-0.25, -0.2) is 0 Å². The third-order valence-electron chi connectivity index (χ3n) is 7.09. The number of thioether (sulfide) groups is 1. The first-order valence-corrected chi connectivity index (χ1v) is 13.0. The number of hydrogen-bond donors (Lipinski definition) is 1. The van der Waals surface area contributed by atoms with Gasteiger partial charge in [-0.1, -0.05) is 0 Å². The number of aliphatic imine (C=N–C) groups is 1. The molecule has 4 heterocycles. The van der Waals surface area contributed by atoms with Gasteiger partial charge in [-0.3, -0.25) is 9.89 Å². The van der Waals surface area contributed by atoms with Crippen molar-refractivity contribution in [1.29, 1.82) is 0 Å². The number of morpholine rings is 1. The molecule has 4 fully saturated rings. The molecule has 2 atom stereocenters. The molecular weight excluding hydrogens is 400 g/mol. The summed E-state index contributed by atoms with van der Waals surface area (Å²) in [6.45, 7) is 8.48. The second-order valence-electron chi connectivity index (χ2n) is 9.04. The quantitative estimate of drug-likeness (QED) is 0.499. The van der Waals surface area contributed by atoms with E-state index in [0.29, 0.717) is 12.2 Å². The Kier molecular flexibility index (Phi) is 8.58. The van der Waals surface area contributed by atoms with Crippen molar-refractivity contribution in [1.82, 2.24) is 15.1 Å². The van der Waals surface area contributed by atoms with Crippen molar-refractivity contribution in [2.75, 3.05) is 77.7 Å². The minimum atomic E-state index is 0.242. The molecule has 0 aliphatic carbocycles. The van der Waals surface area contributed by atoms with E-state index in [1.54, 1.807) is 0 Å². The fraction of sp³-hybridized carbons (Fsp3) is 0.955. The number of ether oxygens (including phenoxy) is 3. The Hall–Kier alpha value is -0.540. The lowest BCUT2D eigenvalue weighted by atomic mass is 9.95. The summed E-state index contributed by atoms with van der Waals surface area (Å²) >= 11 is 2.08. The first-order chi connectivity index (χ1) is 14.8. The van der Waals surface area contributed by atoms with Crippen LogP contribution in [0.5, 0.6) is 0 Å². The Morgan fingerprint density at radius 2 is 1.97 bits per heavy atom. The van der Waals surface area contributed by atoms with Gasteiger partial charge in [0.25, 0.3) is 0 Å². The van der Waals surface area contributed by atoms with Gasteiger partial charge in [0, 0.05) is 57.7 Å². The molecule has 4 rings (SSSR count). The molecule has 7 nitrogen and oxygen atoms in total. The highest BCUT2D eigenvalue weighted by atomic mass is 32.2. The summed E-state index contributed by atoms with van der Waals surface area (Å²) in [7, 11) is 1.91. The first-order valence-electron chi connectivity index (χ1n) is 11.9. The van der Waals surface area contributed by atoms with Gasteiger partial charge < -0.3 is 24.4 Å². The average molecular weight is 441 g/mol. The predicted octanol–water partition coefficient (Wildman–Crippen LogP) is 1.82. The maximum atomic E-state index is 6.19. The van der Waals surface area contributed by atoms with Crippen molar-refractivity contribution in [2.24, 2.45) is 4.99 Å². The van der Waals surface area contributed by atoms with Gasteiger partial charge in [0.2, 0.25) is 0 Å². The summed E-state index contributed by atoms with van der Waals surface area (Å²) in [5.41, 5.74) is 0.242. The van der Waals surface area contributed by atoms with Crippen LogP contribution in [0, 0.1) is 0 Å². The molecule has 30 heavy (non-hydrogen) atoms. The van der Waals surface area contributed by atoms with Crippen LogP contribution in [-0.4, -0.2) is 111 Å². The van der Waals surface area contributed by atoms with Gasteiger partial charge in [-0.05, 0) is 44.3 Å². The van der Waals surface area contributed by atoms with Gasteiger partial charge in [0.05, 0.1) is 32.0 Å². The molecular formula is C22H40N4O3S. The van der Waals surface area contributed by atoms with Crippen molar-refractivity contribution in [3.05, 3.63) is 0 Å². The molecule has 4 aliphatic rings. The van der Waals surface area contributed by atoms with E-state index in [0.717, 1.165) is 84.4 Å². The van der Waals surface area contributed by atoms with Crippen molar-refractivity contribution >= 4 is 17.7 Å². The molecule has 0 radical (unpaired) electrons. The molecule has 0 aromatic heterocycles. The summed E-state index contributed by atoms with van der Waals surface area (Å²) in [6, 6.07) is 0. The van der Waals surface area contributed by atoms with Crippen LogP contribution in [0.1, 0.15) is 38.5 Å². The Morgan fingerprint density at radius 3 is 2.63 bits per heavy atom. The van der Waals surface area contributed by atoms with E-state index in [1.807, 2.05) is 7.05 Å². The smallest absolute Gasteiger partial charge is 0.193 e. The van der Waals surface area contributed by atoms with E-state index >= 15 is 0 Å². The van der Waals surface area contributed by atoms with Crippen molar-refractivity contribution in [2.45, 2.75) is 56.3 Å². The topological polar surface area (TPSA) is 58.6 Å². The van der Waals surface area contributed by atoms with Crippen LogP contribution in [0.2, 0.25) is 0 Å². The van der Waals surface area contributed by atoms with E-state index in [4.69, 9.17) is 14.2 Å². The lowest BCUT2D eigenvalue weighted by molar-refractivity contribution is -0.0721. The minimum Gasteiger partial charge on any atom is -0.379 e. The molecule has 8 heteroatoms. The van der Waals surface area contributed by atoms with Crippen LogP contribution in [0.3, 0.4) is 0 Å². The Labute approximate surface area is 186 Å². The molecule has 0 bridgehead atoms. The predicted molar refractivity (Wildman–Crippen MR) is 123 cm³/mol. The largest absolute Gasteiger partial charge is 0.379 e. The van der Waals surface area contributed by atoms with Crippen molar-refractivity contribution in [3.63, 3.8) is 0 Å². The highest BCUT2D eigenvalue weighted by Crippen LogP contribution is 2.33. The fourth-order valence-corrected chi connectivity index (χ4v) is 6.60. The van der Waals surface area contributed by atoms with Crippen LogP contribution in [0.4, 0.5) is 0 Å². The zero-order chi connectivity index (χ0) is 20.7. The van der Waals surface area contributed by atoms with Crippen LogP contribution in [0.25, 0.3) is 0 Å². The second-order valence-corrected chi connectivity index (χ2v) is 10.1. The van der Waals surface area contributed by atoms with E-state index < -0.39 is 0 Å². The third kappa shape index (κ3) is 5.82. The number of nitrogens with zero attached hydrogens (tertiary/aromatic N) is 3. The lowest BCUT2D eigenvalue weighted by Crippen LogP contribution is -2.60. The number of nitrogens with one attached hydrogen (secondary N) is 1. The number of hydrogen-bond acceptors (Lipinski definition) is 6. The standard InChI is InChI=1S/C22H40N4O3S/c1-23-21(24-17-22(7-15-30-18-22)26-10-13-27-14-11-26)25-8-5-19(6-9-25)29-16-20-4-2-3-12-28-20/h19-20H,2-18H2,1H3,(H,23,24). The summed E-state index contributed by atoms with van der Waals surface area (Å²) in [5.74, 6) is 3.51. The highest BCUT2D eigenvalue weighted by molar-refractivity contribution is 7.99. The van der Waals surface area contributed by atoms with Crippen molar-refractivity contribution in [3.8, 4) is 0 Å². The molecule has 0 spiro atoms. The molecule has 172 valence electrons. The molecule has 0 aromatic carbocycles. The monoisotopic (exact) mass is 440 g/mol. The maximum absolute atomic E-state index is 6.19. The van der Waals surface area contributed by atoms with Crippen LogP contribution < -0.4 is 5.32 Å². The molecule has 4 aliphatic heterocycles. The van der Waals surface area contributed by atoms with Crippen molar-refractivity contribution < 1.29 is 14.2 Å². The highest BCUT2D eigenvalue weighted by Gasteiger charge is 2.41. The number of rotatable bonds is 6. The SMILES string of the molecule is CN=C(NCC1(N2CCOCC2)CCSC1)N1CCC(OCC2CCCCO2)CC1. The van der Waals surface area contributed by atoms with Gasteiger partial charge in [-0.15, -0.1) is 0 Å². The van der Waals surface area contributed by atoms with Crippen LogP contribution in [0.15, 0.2) is 4.99 Å². The first kappa shape index (κ1) is 22.6. The van der Waals surface area contributed by atoms with Gasteiger partial charge in [0.15, 0.2) is 5.96 Å². The molecule has 0 saturated carbocycles. The molecule has 4 saturated heterocycles. The summed E-state index contributed by atoms with van der Waals surface area (Å²) in [4.78, 5) is 9.68. The number of piperidine rings is 1. The Balaban J connectivity index is 1.22. The minimum absolute atomic E-state index is 0.242. The third-order valence-corrected chi connectivity index (χ3v) is 8.32. The molecule has 0 aromatic rings. The Morgan fingerprint density at radius 1 is 1.13 bits per heavy atom. The maximum Gasteiger partial charge on any atom is 0.193 e. The second kappa shape index (κ2) is 11.4. The summed E-state index contributed by atoms with van der Waals surface area (Å²) in [6.07, 6.45) is 7.68. The van der Waals surface area contributed by atoms with E-state index in [1.165, 1.54) is 30.8 Å². The fourth-order valence-electron chi connectivity index (χ4n) is 5.13. The molecule has 2 unspecified atom stereocenters. The zero-order valence-corrected chi connectivity index (χ0v) is 19.5. The van der Waals surface area contributed by atoms with Gasteiger partial charge >= 0.3 is 0 Å². The number of guanidine groups is 1.